The van der Waals surface area contributed by atoms with Crippen LogP contribution in [0.2, 0.25) is 0 Å². The molecule has 3 atom stereocenters. The van der Waals surface area contributed by atoms with Gasteiger partial charge in [-0.25, -0.2) is 0 Å². The van der Waals surface area contributed by atoms with Gasteiger partial charge in [0.05, 0.1) is 6.61 Å². The fourth-order valence-electron chi connectivity index (χ4n) is 5.37. The van der Waals surface area contributed by atoms with Crippen LogP contribution < -0.4 is 9.26 Å². The highest BCUT2D eigenvalue weighted by molar-refractivity contribution is 14.2. The number of piperidine rings is 1. The molecule has 7 heteroatoms. The molecule has 2 heterocycles. The van der Waals surface area contributed by atoms with Crippen LogP contribution in [0.3, 0.4) is 0 Å². The Morgan fingerprint density at radius 2 is 1.82 bits per heavy atom. The summed E-state index contributed by atoms with van der Waals surface area (Å²) >= 11 is 2.23. The normalized spacial score (nSPS) is 21.7. The van der Waals surface area contributed by atoms with Crippen molar-refractivity contribution >= 4 is 28.5 Å². The van der Waals surface area contributed by atoms with E-state index >= 15 is 0 Å². The molecule has 0 N–H and O–H groups in total. The Bertz CT molecular complexity index is 1070. The molecule has 0 bridgehead atoms. The first-order valence-corrected chi connectivity index (χ1v) is 17.1. The van der Waals surface area contributed by atoms with Crippen molar-refractivity contribution in [1.29, 1.82) is 0 Å². The van der Waals surface area contributed by atoms with Gasteiger partial charge in [0.25, 0.3) is 0 Å². The van der Waals surface area contributed by atoms with Crippen molar-refractivity contribution in [2.24, 2.45) is 11.8 Å². The maximum absolute atomic E-state index is 6.28. The van der Waals surface area contributed by atoms with E-state index in [2.05, 4.69) is 77.4 Å². The molecule has 0 aliphatic carbocycles. The summed E-state index contributed by atoms with van der Waals surface area (Å²) in [4.78, 5) is 2.45. The third kappa shape index (κ3) is 7.62. The number of fused-ring (bicyclic) bond motifs is 1. The Morgan fingerprint density at radius 1 is 1.11 bits per heavy atom. The first-order chi connectivity index (χ1) is 18.5. The molecule has 0 spiro atoms. The van der Waals surface area contributed by atoms with Crippen LogP contribution in [0, 0.1) is 11.8 Å². The second-order valence-electron chi connectivity index (χ2n) is 9.51. The minimum absolute atomic E-state index is 0.0841. The van der Waals surface area contributed by atoms with E-state index in [0.717, 1.165) is 54.1 Å². The van der Waals surface area contributed by atoms with Gasteiger partial charge in [0.15, 0.2) is 6.29 Å². The lowest BCUT2D eigenvalue weighted by Crippen LogP contribution is -2.38. The van der Waals surface area contributed by atoms with Gasteiger partial charge < -0.3 is 23.6 Å². The molecule has 38 heavy (non-hydrogen) atoms. The maximum Gasteiger partial charge on any atom is 0.159 e. The number of benzene rings is 1. The third-order valence-corrected chi connectivity index (χ3v) is 8.42. The third-order valence-electron chi connectivity index (χ3n) is 7.44. The molecular weight excluding hydrogens is 608 g/mol. The van der Waals surface area contributed by atoms with Gasteiger partial charge in [-0.05, 0) is 72.0 Å². The average Bonchev–Trinajstić information content (AvgIpc) is 2.95. The van der Waals surface area contributed by atoms with Gasteiger partial charge in [-0.3, -0.25) is 0 Å². The van der Waals surface area contributed by atoms with Gasteiger partial charge in [0.1, 0.15) is 17.9 Å². The highest BCUT2D eigenvalue weighted by Crippen LogP contribution is 2.46. The van der Waals surface area contributed by atoms with Crippen molar-refractivity contribution in [3.63, 3.8) is 0 Å². The fraction of sp³-hybridized carbons (Fsp3) is 0.419. The van der Waals surface area contributed by atoms with Gasteiger partial charge in [-0.1, -0.05) is 55.7 Å². The summed E-state index contributed by atoms with van der Waals surface area (Å²) in [7, 11) is 3.44. The van der Waals surface area contributed by atoms with Crippen molar-refractivity contribution < 1.29 is 18.7 Å². The number of likely N-dealkylation sites (tertiary alicyclic amines) is 1. The van der Waals surface area contributed by atoms with Gasteiger partial charge in [0.2, 0.25) is 0 Å². The Labute approximate surface area is 243 Å². The van der Waals surface area contributed by atoms with Crippen molar-refractivity contribution in [3.8, 4) is 11.5 Å². The summed E-state index contributed by atoms with van der Waals surface area (Å²) in [6.45, 7) is 15.4. The van der Waals surface area contributed by atoms with Crippen molar-refractivity contribution in [2.75, 3.05) is 33.9 Å². The zero-order chi connectivity index (χ0) is 27.5. The molecule has 2 aliphatic rings. The largest absolute Gasteiger partial charge is 0.492 e. The number of halogens is 1. The lowest BCUT2D eigenvalue weighted by molar-refractivity contribution is -0.145. The molecule has 0 radical (unpaired) electrons. The summed E-state index contributed by atoms with van der Waals surface area (Å²) in [6.07, 6.45) is 16.6. The second kappa shape index (κ2) is 15.7. The fourth-order valence-corrected chi connectivity index (χ4v) is 6.35. The Hall–Kier alpha value is -1.86. The summed E-state index contributed by atoms with van der Waals surface area (Å²) < 4.78 is 23.0. The molecule has 1 fully saturated rings. The molecule has 3 rings (SSSR count). The minimum atomic E-state index is -0.128. The van der Waals surface area contributed by atoms with E-state index in [0.29, 0.717) is 19.0 Å². The zero-order valence-electron chi connectivity index (χ0n) is 23.0. The van der Waals surface area contributed by atoms with E-state index in [1.165, 1.54) is 5.70 Å². The molecule has 0 saturated carbocycles. The van der Waals surface area contributed by atoms with E-state index in [4.69, 9.17) is 18.7 Å². The molecule has 1 saturated heterocycles. The van der Waals surface area contributed by atoms with E-state index in [9.17, 15) is 0 Å². The molecule has 1 aromatic carbocycles. The first kappa shape index (κ1) is 30.7. The number of methoxy groups -OCH3 is 2. The topological polar surface area (TPSA) is 40.2 Å². The standard InChI is InChI=1S/C31H41INO4P/c1-7-10-11-23(8-2)28-21-36-29-20-26(37-38-32)14-15-27(29)30(28)24(9-3)13-12-22(4)33-18-16-25(17-19-33)31(34-5)35-6/h7-15,20,25,28,30-31,38H,2-3,16-19,21H2,1,4-6H3/b10-7-,22-12+,23-11+,24-13+/t28-,30-/m1/s1. The SMILES string of the molecule is C=C/C(=C\C=C/C)[C@H]1COc2cc(OPI)ccc2[C@H]1/C(C=C)=C/C=C(\C)N1CCC(C(OC)OC)CC1. The van der Waals surface area contributed by atoms with Crippen LogP contribution >= 0.6 is 28.5 Å². The van der Waals surface area contributed by atoms with Gasteiger partial charge in [0, 0.05) is 62.4 Å². The number of allylic oxidation sites excluding steroid dienone is 9. The first-order valence-electron chi connectivity index (χ1n) is 13.1. The molecule has 0 amide bonds. The number of hydrogen-bond acceptors (Lipinski definition) is 5. The van der Waals surface area contributed by atoms with E-state index in [1.54, 1.807) is 14.2 Å². The maximum atomic E-state index is 6.28. The predicted molar refractivity (Wildman–Crippen MR) is 168 cm³/mol. The number of ether oxygens (including phenoxy) is 3. The number of hydrogen-bond donors (Lipinski definition) is 0. The molecule has 0 aromatic heterocycles. The molecular formula is C31H41INO4P. The molecule has 1 unspecified atom stereocenters. The number of nitrogens with zero attached hydrogens (tertiary/aromatic N) is 1. The Kier molecular flexibility index (Phi) is 12.6. The predicted octanol–water partition coefficient (Wildman–Crippen LogP) is 8.14. The monoisotopic (exact) mass is 649 g/mol. The van der Waals surface area contributed by atoms with Gasteiger partial charge >= 0.3 is 0 Å². The molecule has 206 valence electrons. The summed E-state index contributed by atoms with van der Waals surface area (Å²) in [5, 5.41) is 0. The van der Waals surface area contributed by atoms with Crippen molar-refractivity contribution in [2.45, 2.75) is 38.9 Å². The minimum Gasteiger partial charge on any atom is -0.492 e. The highest BCUT2D eigenvalue weighted by atomic mass is 127. The molecule has 2 aliphatic heterocycles. The lowest BCUT2D eigenvalue weighted by atomic mass is 9.75. The second-order valence-corrected chi connectivity index (χ2v) is 11.2. The van der Waals surface area contributed by atoms with Crippen LogP contribution in [0.15, 0.2) is 90.7 Å². The average molecular weight is 650 g/mol. The van der Waals surface area contributed by atoms with Crippen LogP contribution in [-0.4, -0.2) is 45.1 Å². The van der Waals surface area contributed by atoms with Crippen LogP contribution in [0.25, 0.3) is 0 Å². The smallest absolute Gasteiger partial charge is 0.159 e. The van der Waals surface area contributed by atoms with Crippen LogP contribution in [0.1, 0.15) is 38.2 Å². The van der Waals surface area contributed by atoms with E-state index in [1.807, 2.05) is 37.3 Å². The van der Waals surface area contributed by atoms with E-state index in [-0.39, 0.29) is 18.1 Å². The Morgan fingerprint density at radius 3 is 2.42 bits per heavy atom. The molecule has 5 nitrogen and oxygen atoms in total. The van der Waals surface area contributed by atoms with E-state index < -0.39 is 0 Å². The van der Waals surface area contributed by atoms with Gasteiger partial charge in [-0.15, -0.1) is 0 Å². The highest BCUT2D eigenvalue weighted by Gasteiger charge is 2.34. The van der Waals surface area contributed by atoms with Gasteiger partial charge in [-0.2, -0.15) is 0 Å². The summed E-state index contributed by atoms with van der Waals surface area (Å²) in [5.41, 5.74) is 4.69. The quantitative estimate of drug-likeness (QED) is 0.0990. The molecule has 1 aromatic rings. The summed E-state index contributed by atoms with van der Waals surface area (Å²) in [5.74, 6) is 2.32. The van der Waals surface area contributed by atoms with Crippen LogP contribution in [0.5, 0.6) is 11.5 Å². The summed E-state index contributed by atoms with van der Waals surface area (Å²) in [6, 6.07) is 6.17. The van der Waals surface area contributed by atoms with Crippen LogP contribution in [-0.2, 0) is 9.47 Å². The number of rotatable bonds is 12. The van der Waals surface area contributed by atoms with Crippen molar-refractivity contribution in [3.05, 3.63) is 96.3 Å². The van der Waals surface area contributed by atoms with Crippen molar-refractivity contribution in [1.82, 2.24) is 4.90 Å². The van der Waals surface area contributed by atoms with Crippen LogP contribution in [0.4, 0.5) is 0 Å². The lowest BCUT2D eigenvalue weighted by Gasteiger charge is -2.37. The zero-order valence-corrected chi connectivity index (χ0v) is 26.1. The Balaban J connectivity index is 1.92.